The lowest BCUT2D eigenvalue weighted by atomic mass is 9.78. The minimum atomic E-state index is -3.34. The minimum Gasteiger partial charge on any atom is -0.390 e. The van der Waals surface area contributed by atoms with Crippen LogP contribution in [0.1, 0.15) is 64.2 Å². The van der Waals surface area contributed by atoms with Gasteiger partial charge in [-0.2, -0.15) is 0 Å². The van der Waals surface area contributed by atoms with Crippen LogP contribution in [0.5, 0.6) is 0 Å². The first-order valence-electron chi connectivity index (χ1n) is 13.4. The monoisotopic (exact) mass is 565 g/mol. The summed E-state index contributed by atoms with van der Waals surface area (Å²) in [4.78, 5) is 11.9. The van der Waals surface area contributed by atoms with Crippen LogP contribution in [-0.2, 0) is 32.2 Å². The molecule has 2 atom stereocenters. The van der Waals surface area contributed by atoms with Gasteiger partial charge in [0.15, 0.2) is 0 Å². The third-order valence-electron chi connectivity index (χ3n) is 7.50. The van der Waals surface area contributed by atoms with Gasteiger partial charge in [0, 0.05) is 38.2 Å². The molecule has 39 heavy (non-hydrogen) atoms. The van der Waals surface area contributed by atoms with Crippen LogP contribution in [0, 0.1) is 11.6 Å². The maximum absolute atomic E-state index is 13.8. The third-order valence-corrected chi connectivity index (χ3v) is 9.38. The highest BCUT2D eigenvalue weighted by molar-refractivity contribution is 7.89. The Hall–Kier alpha value is -2.40. The summed E-state index contributed by atoms with van der Waals surface area (Å²) in [5.74, 6) is -1.80. The standard InChI is InChI=1S/C29H41F2N3O4S/c1-6-39(37,38)34-12-10-29(11-13-34,23-9-7-8-22(17-23)28(3,4)5)32-19-27(36)26(33-20(2)35)16-21-14-24(30)18-25(31)15-21/h7-9,14-15,17-18,26-27,32,36H,6,10-13,16,19H2,1-5H3,(H,33,35)/t26-,27+/m0/s1. The molecule has 216 valence electrons. The van der Waals surface area contributed by atoms with Crippen LogP contribution in [0.3, 0.4) is 0 Å². The normalized spacial score (nSPS) is 17.9. The summed E-state index contributed by atoms with van der Waals surface area (Å²) in [6.45, 7) is 10.1. The Morgan fingerprint density at radius 1 is 1.10 bits per heavy atom. The van der Waals surface area contributed by atoms with Gasteiger partial charge in [0.05, 0.1) is 17.9 Å². The molecule has 3 rings (SSSR count). The van der Waals surface area contributed by atoms with Gasteiger partial charge in [0.2, 0.25) is 15.9 Å². The number of benzene rings is 2. The number of aliphatic hydroxyl groups excluding tert-OH is 1. The number of halogens is 2. The van der Waals surface area contributed by atoms with Gasteiger partial charge in [0.25, 0.3) is 0 Å². The summed E-state index contributed by atoms with van der Waals surface area (Å²) in [6, 6.07) is 10.5. The number of piperidine rings is 1. The fourth-order valence-electron chi connectivity index (χ4n) is 5.15. The van der Waals surface area contributed by atoms with Crippen LogP contribution in [0.4, 0.5) is 8.78 Å². The van der Waals surface area contributed by atoms with Crippen molar-refractivity contribution >= 4 is 15.9 Å². The zero-order chi connectivity index (χ0) is 29.0. The molecule has 0 radical (unpaired) electrons. The van der Waals surface area contributed by atoms with E-state index in [2.05, 4.69) is 43.5 Å². The van der Waals surface area contributed by atoms with Crippen molar-refractivity contribution in [3.05, 3.63) is 70.8 Å². The number of nitrogens with one attached hydrogen (secondary N) is 2. The van der Waals surface area contributed by atoms with E-state index in [1.807, 2.05) is 12.1 Å². The molecule has 0 saturated carbocycles. The molecule has 0 unspecified atom stereocenters. The molecule has 0 aromatic heterocycles. The van der Waals surface area contributed by atoms with Gasteiger partial charge in [-0.3, -0.25) is 4.79 Å². The zero-order valence-electron chi connectivity index (χ0n) is 23.4. The average Bonchev–Trinajstić information content (AvgIpc) is 2.86. The Morgan fingerprint density at radius 2 is 1.72 bits per heavy atom. The summed E-state index contributed by atoms with van der Waals surface area (Å²) >= 11 is 0. The molecule has 2 aromatic carbocycles. The van der Waals surface area contributed by atoms with E-state index in [9.17, 15) is 27.1 Å². The second kappa shape index (κ2) is 12.4. The number of aliphatic hydroxyl groups is 1. The van der Waals surface area contributed by atoms with E-state index < -0.39 is 39.3 Å². The first-order valence-corrected chi connectivity index (χ1v) is 15.0. The molecule has 0 aliphatic carbocycles. The fourth-order valence-corrected chi connectivity index (χ4v) is 6.25. The van der Waals surface area contributed by atoms with Crippen molar-refractivity contribution in [2.75, 3.05) is 25.4 Å². The Kier molecular flexibility index (Phi) is 9.91. The molecule has 1 aliphatic heterocycles. The molecule has 1 aliphatic rings. The Labute approximate surface area is 231 Å². The van der Waals surface area contributed by atoms with E-state index in [0.29, 0.717) is 31.5 Å². The molecular formula is C29H41F2N3O4S. The highest BCUT2D eigenvalue weighted by Gasteiger charge is 2.40. The third kappa shape index (κ3) is 8.06. The molecule has 10 heteroatoms. The van der Waals surface area contributed by atoms with Gasteiger partial charge in [-0.15, -0.1) is 0 Å². The Bertz CT molecular complexity index is 1240. The lowest BCUT2D eigenvalue weighted by molar-refractivity contribution is -0.120. The van der Waals surface area contributed by atoms with Crippen molar-refractivity contribution in [1.29, 1.82) is 0 Å². The molecule has 1 fully saturated rings. The highest BCUT2D eigenvalue weighted by Crippen LogP contribution is 2.36. The van der Waals surface area contributed by atoms with Gasteiger partial charge < -0.3 is 15.7 Å². The molecule has 7 nitrogen and oxygen atoms in total. The van der Waals surface area contributed by atoms with Crippen molar-refractivity contribution < 1.29 is 27.1 Å². The van der Waals surface area contributed by atoms with Gasteiger partial charge in [-0.25, -0.2) is 21.5 Å². The smallest absolute Gasteiger partial charge is 0.217 e. The number of nitrogens with zero attached hydrogens (tertiary/aromatic N) is 1. The molecule has 3 N–H and O–H groups in total. The van der Waals surface area contributed by atoms with Crippen LogP contribution >= 0.6 is 0 Å². The maximum atomic E-state index is 13.8. The van der Waals surface area contributed by atoms with Crippen molar-refractivity contribution in [2.24, 2.45) is 0 Å². The van der Waals surface area contributed by atoms with E-state index in [1.165, 1.54) is 23.4 Å². The molecule has 1 heterocycles. The van der Waals surface area contributed by atoms with Gasteiger partial charge in [-0.1, -0.05) is 45.0 Å². The molecular weight excluding hydrogens is 524 g/mol. The van der Waals surface area contributed by atoms with Crippen molar-refractivity contribution in [2.45, 2.75) is 77.0 Å². The van der Waals surface area contributed by atoms with Crippen molar-refractivity contribution in [1.82, 2.24) is 14.9 Å². The SMILES string of the molecule is CCS(=O)(=O)N1CCC(NC[C@@H](O)[C@H](Cc2cc(F)cc(F)c2)NC(C)=O)(c2cccc(C(C)(C)C)c2)CC1. The van der Waals surface area contributed by atoms with Gasteiger partial charge in [0.1, 0.15) is 11.6 Å². The quantitative estimate of drug-likeness (QED) is 0.409. The van der Waals surface area contributed by atoms with Crippen LogP contribution in [0.2, 0.25) is 0 Å². The summed E-state index contributed by atoms with van der Waals surface area (Å²) < 4.78 is 54.1. The summed E-state index contributed by atoms with van der Waals surface area (Å²) in [7, 11) is -3.34. The van der Waals surface area contributed by atoms with Crippen molar-refractivity contribution in [3.63, 3.8) is 0 Å². The number of amides is 1. The maximum Gasteiger partial charge on any atom is 0.217 e. The van der Waals surface area contributed by atoms with Crippen LogP contribution in [0.25, 0.3) is 0 Å². The van der Waals surface area contributed by atoms with Crippen LogP contribution in [-0.4, -0.2) is 61.3 Å². The average molecular weight is 566 g/mol. The Morgan fingerprint density at radius 3 is 2.26 bits per heavy atom. The fraction of sp³-hybridized carbons (Fsp3) is 0.552. The molecule has 1 amide bonds. The molecule has 2 aromatic rings. The van der Waals surface area contributed by atoms with Gasteiger partial charge in [-0.05, 0) is 60.4 Å². The van der Waals surface area contributed by atoms with E-state index >= 15 is 0 Å². The highest BCUT2D eigenvalue weighted by atomic mass is 32.2. The van der Waals surface area contributed by atoms with E-state index in [4.69, 9.17) is 0 Å². The van der Waals surface area contributed by atoms with Gasteiger partial charge >= 0.3 is 0 Å². The summed E-state index contributed by atoms with van der Waals surface area (Å²) in [5, 5.41) is 17.4. The topological polar surface area (TPSA) is 98.7 Å². The summed E-state index contributed by atoms with van der Waals surface area (Å²) in [5.41, 5.74) is 1.73. The second-order valence-electron chi connectivity index (χ2n) is 11.4. The first-order chi connectivity index (χ1) is 18.1. The largest absolute Gasteiger partial charge is 0.390 e. The predicted molar refractivity (Wildman–Crippen MR) is 149 cm³/mol. The number of carbonyl (C=O) groups is 1. The molecule has 0 spiro atoms. The number of hydrogen-bond acceptors (Lipinski definition) is 5. The number of rotatable bonds is 10. The zero-order valence-corrected chi connectivity index (χ0v) is 24.2. The van der Waals surface area contributed by atoms with E-state index in [0.717, 1.165) is 17.2 Å². The van der Waals surface area contributed by atoms with Crippen LogP contribution < -0.4 is 10.6 Å². The summed E-state index contributed by atoms with van der Waals surface area (Å²) in [6.07, 6.45) is -0.0641. The number of carbonyl (C=O) groups excluding carboxylic acids is 1. The van der Waals surface area contributed by atoms with Crippen molar-refractivity contribution in [3.8, 4) is 0 Å². The lowest BCUT2D eigenvalue weighted by Gasteiger charge is -2.43. The molecule has 0 bridgehead atoms. The van der Waals surface area contributed by atoms with Crippen LogP contribution in [0.15, 0.2) is 42.5 Å². The second-order valence-corrected chi connectivity index (χ2v) is 13.7. The number of hydrogen-bond donors (Lipinski definition) is 3. The first kappa shape index (κ1) is 31.1. The van der Waals surface area contributed by atoms with E-state index in [-0.39, 0.29) is 30.0 Å². The minimum absolute atomic E-state index is 0.0325. The predicted octanol–water partition coefficient (Wildman–Crippen LogP) is 3.60. The Balaban J connectivity index is 1.88. The van der Waals surface area contributed by atoms with E-state index in [1.54, 1.807) is 6.92 Å². The number of sulfonamides is 1. The lowest BCUT2D eigenvalue weighted by Crippen LogP contribution is -2.56. The molecule has 1 saturated heterocycles.